The molecule has 0 atom stereocenters. The third kappa shape index (κ3) is 3.29. The molecule has 1 N–H and O–H groups in total. The predicted octanol–water partition coefficient (Wildman–Crippen LogP) is 4.61. The van der Waals surface area contributed by atoms with Crippen LogP contribution in [0.3, 0.4) is 0 Å². The summed E-state index contributed by atoms with van der Waals surface area (Å²) in [5.74, 6) is 1.55. The van der Waals surface area contributed by atoms with Crippen molar-refractivity contribution in [3.63, 3.8) is 0 Å². The lowest BCUT2D eigenvalue weighted by atomic mass is 10.0. The van der Waals surface area contributed by atoms with E-state index in [4.69, 9.17) is 9.72 Å². The van der Waals surface area contributed by atoms with E-state index in [1.165, 1.54) is 5.56 Å². The Balaban J connectivity index is 1.52. The Kier molecular flexibility index (Phi) is 4.56. The number of para-hydroxylation sites is 1. The van der Waals surface area contributed by atoms with Crippen LogP contribution >= 0.6 is 11.3 Å². The van der Waals surface area contributed by atoms with Gasteiger partial charge in [0.2, 0.25) is 0 Å². The van der Waals surface area contributed by atoms with Gasteiger partial charge >= 0.3 is 0 Å². The summed E-state index contributed by atoms with van der Waals surface area (Å²) in [6, 6.07) is 18.2. The number of hydrogen-bond acceptors (Lipinski definition) is 5. The highest BCUT2D eigenvalue weighted by atomic mass is 32.1. The van der Waals surface area contributed by atoms with Crippen LogP contribution in [0.1, 0.15) is 17.8 Å². The van der Waals surface area contributed by atoms with Crippen molar-refractivity contribution < 1.29 is 4.74 Å². The number of nitrogens with zero attached hydrogens (tertiary/aromatic N) is 2. The van der Waals surface area contributed by atoms with Gasteiger partial charge in [-0.15, -0.1) is 11.3 Å². The average molecular weight is 404 g/mol. The summed E-state index contributed by atoms with van der Waals surface area (Å²) in [6.07, 6.45) is 2.11. The zero-order chi connectivity index (χ0) is 19.8. The maximum atomic E-state index is 12.7. The van der Waals surface area contributed by atoms with Gasteiger partial charge in [-0.25, -0.2) is 4.98 Å². The molecule has 2 aromatic heterocycles. The third-order valence-corrected chi connectivity index (χ3v) is 6.42. The molecule has 0 aliphatic carbocycles. The molecule has 1 aliphatic heterocycles. The number of nitrogens with one attached hydrogen (secondary N) is 1. The van der Waals surface area contributed by atoms with Crippen LogP contribution in [0.5, 0.6) is 5.75 Å². The molecule has 2 aromatic carbocycles. The number of H-pyrrole nitrogens is 1. The second kappa shape index (κ2) is 7.37. The molecule has 6 heteroatoms. The van der Waals surface area contributed by atoms with Crippen LogP contribution in [0.25, 0.3) is 20.7 Å². The van der Waals surface area contributed by atoms with Crippen LogP contribution in [0.2, 0.25) is 0 Å². The summed E-state index contributed by atoms with van der Waals surface area (Å²) >= 11 is 1.56. The van der Waals surface area contributed by atoms with Crippen LogP contribution < -0.4 is 15.2 Å². The average Bonchev–Trinajstić information content (AvgIpc) is 3.19. The molecule has 29 heavy (non-hydrogen) atoms. The van der Waals surface area contributed by atoms with Gasteiger partial charge in [-0.3, -0.25) is 4.79 Å². The first kappa shape index (κ1) is 17.9. The van der Waals surface area contributed by atoms with E-state index in [2.05, 4.69) is 28.1 Å². The highest BCUT2D eigenvalue weighted by Gasteiger charge is 2.22. The first-order valence-corrected chi connectivity index (χ1v) is 10.5. The molecule has 4 aromatic rings. The normalized spacial score (nSPS) is 13.5. The first-order chi connectivity index (χ1) is 14.2. The van der Waals surface area contributed by atoms with Crippen LogP contribution in [-0.2, 0) is 13.0 Å². The molecule has 0 fully saturated rings. The highest BCUT2D eigenvalue weighted by Crippen LogP contribution is 2.37. The lowest BCUT2D eigenvalue weighted by Crippen LogP contribution is -2.31. The molecular formula is C23H21N3O2S. The number of benzene rings is 2. The van der Waals surface area contributed by atoms with Crippen molar-refractivity contribution in [3.8, 4) is 16.2 Å². The highest BCUT2D eigenvalue weighted by molar-refractivity contribution is 7.21. The van der Waals surface area contributed by atoms with E-state index < -0.39 is 0 Å². The van der Waals surface area contributed by atoms with E-state index >= 15 is 0 Å². The standard InChI is InChI=1S/C23H21N3O2S/c1-28-18-11-5-9-16-10-6-12-26(21(16)18)14-20-24-22(27)17-13-19(29-23(17)25-20)15-7-3-2-4-8-15/h2-5,7-9,11,13H,6,10,12,14H2,1H3,(H,24,25,27). The fourth-order valence-corrected chi connectivity index (χ4v) is 5.06. The Morgan fingerprint density at radius 1 is 1.17 bits per heavy atom. The smallest absolute Gasteiger partial charge is 0.259 e. The number of aromatic nitrogens is 2. The van der Waals surface area contributed by atoms with Crippen molar-refractivity contribution >= 4 is 27.2 Å². The molecule has 1 aliphatic rings. The van der Waals surface area contributed by atoms with Gasteiger partial charge in [0, 0.05) is 11.4 Å². The third-order valence-electron chi connectivity index (χ3n) is 5.34. The minimum Gasteiger partial charge on any atom is -0.495 e. The van der Waals surface area contributed by atoms with E-state index in [0.717, 1.165) is 46.1 Å². The predicted molar refractivity (Wildman–Crippen MR) is 118 cm³/mol. The summed E-state index contributed by atoms with van der Waals surface area (Å²) in [7, 11) is 1.70. The number of aryl methyl sites for hydroxylation is 1. The zero-order valence-electron chi connectivity index (χ0n) is 16.1. The Morgan fingerprint density at radius 2 is 2.03 bits per heavy atom. The summed E-state index contributed by atoms with van der Waals surface area (Å²) in [5, 5.41) is 0.647. The Morgan fingerprint density at radius 3 is 2.86 bits per heavy atom. The van der Waals surface area contributed by atoms with Crippen molar-refractivity contribution in [1.82, 2.24) is 9.97 Å². The number of hydrogen-bond donors (Lipinski definition) is 1. The van der Waals surface area contributed by atoms with E-state index in [1.54, 1.807) is 18.4 Å². The lowest BCUT2D eigenvalue weighted by molar-refractivity contribution is 0.412. The Hall–Kier alpha value is -3.12. The molecule has 5 nitrogen and oxygen atoms in total. The van der Waals surface area contributed by atoms with Crippen molar-refractivity contribution in [2.75, 3.05) is 18.6 Å². The van der Waals surface area contributed by atoms with Gasteiger partial charge in [0.05, 0.1) is 24.7 Å². The van der Waals surface area contributed by atoms with Crippen LogP contribution in [0.4, 0.5) is 5.69 Å². The topological polar surface area (TPSA) is 58.2 Å². The number of methoxy groups -OCH3 is 1. The molecule has 0 radical (unpaired) electrons. The van der Waals surface area contributed by atoms with Crippen molar-refractivity contribution in [2.45, 2.75) is 19.4 Å². The second-order valence-electron chi connectivity index (χ2n) is 7.20. The molecule has 146 valence electrons. The summed E-state index contributed by atoms with van der Waals surface area (Å²) in [6.45, 7) is 1.46. The molecule has 0 spiro atoms. The number of fused-ring (bicyclic) bond motifs is 2. The molecule has 0 unspecified atom stereocenters. The van der Waals surface area contributed by atoms with Gasteiger partial charge < -0.3 is 14.6 Å². The van der Waals surface area contributed by atoms with Crippen LogP contribution in [0.15, 0.2) is 59.4 Å². The second-order valence-corrected chi connectivity index (χ2v) is 8.23. The maximum absolute atomic E-state index is 12.7. The largest absolute Gasteiger partial charge is 0.495 e. The van der Waals surface area contributed by atoms with E-state index in [9.17, 15) is 4.79 Å². The first-order valence-electron chi connectivity index (χ1n) is 9.72. The molecule has 0 saturated heterocycles. The molecule has 0 bridgehead atoms. The van der Waals surface area contributed by atoms with Gasteiger partial charge in [-0.1, -0.05) is 42.5 Å². The zero-order valence-corrected chi connectivity index (χ0v) is 17.0. The van der Waals surface area contributed by atoms with Crippen molar-refractivity contribution in [1.29, 1.82) is 0 Å². The van der Waals surface area contributed by atoms with Crippen molar-refractivity contribution in [2.24, 2.45) is 0 Å². The van der Waals surface area contributed by atoms with Gasteiger partial charge in [-0.05, 0) is 36.1 Å². The molecule has 5 rings (SSSR count). The number of aromatic amines is 1. The van der Waals surface area contributed by atoms with Gasteiger partial charge in [0.15, 0.2) is 0 Å². The summed E-state index contributed by atoms with van der Waals surface area (Å²) in [5.41, 5.74) is 3.41. The minimum atomic E-state index is -0.0827. The molecule has 0 amide bonds. The monoisotopic (exact) mass is 403 g/mol. The number of thiophene rings is 1. The van der Waals surface area contributed by atoms with E-state index in [0.29, 0.717) is 17.8 Å². The molecule has 0 saturated carbocycles. The summed E-state index contributed by atoms with van der Waals surface area (Å²) in [4.78, 5) is 24.6. The van der Waals surface area contributed by atoms with Crippen molar-refractivity contribution in [3.05, 3.63) is 76.3 Å². The van der Waals surface area contributed by atoms with Gasteiger partial charge in [-0.2, -0.15) is 0 Å². The molecule has 3 heterocycles. The number of rotatable bonds is 4. The quantitative estimate of drug-likeness (QED) is 0.540. The number of ether oxygens (including phenoxy) is 1. The maximum Gasteiger partial charge on any atom is 0.259 e. The van der Waals surface area contributed by atoms with Crippen LogP contribution in [0, 0.1) is 0 Å². The Labute approximate surface area is 172 Å². The summed E-state index contributed by atoms with van der Waals surface area (Å²) < 4.78 is 5.59. The SMILES string of the molecule is COc1cccc2c1N(Cc1nc3sc(-c4ccccc4)cc3c(=O)[nH]1)CCC2. The van der Waals surface area contributed by atoms with Crippen LogP contribution in [-0.4, -0.2) is 23.6 Å². The molecular weight excluding hydrogens is 382 g/mol. The van der Waals surface area contributed by atoms with E-state index in [-0.39, 0.29) is 5.56 Å². The van der Waals surface area contributed by atoms with Gasteiger partial charge in [0.25, 0.3) is 5.56 Å². The minimum absolute atomic E-state index is 0.0827. The lowest BCUT2D eigenvalue weighted by Gasteiger charge is -2.32. The fraction of sp³-hybridized carbons (Fsp3) is 0.217. The van der Waals surface area contributed by atoms with Gasteiger partial charge in [0.1, 0.15) is 16.4 Å². The number of anilines is 1. The van der Waals surface area contributed by atoms with E-state index in [1.807, 2.05) is 36.4 Å². The Bertz CT molecular complexity index is 1220. The fourth-order valence-electron chi connectivity index (χ4n) is 4.00.